The summed E-state index contributed by atoms with van der Waals surface area (Å²) in [5, 5.41) is 8.35. The van der Waals surface area contributed by atoms with Gasteiger partial charge in [0.15, 0.2) is 5.58 Å². The number of benzene rings is 8. The van der Waals surface area contributed by atoms with E-state index >= 15 is 0 Å². The molecule has 0 unspecified atom stereocenters. The smallest absolute Gasteiger partial charge is 0.154 e. The quantitative estimate of drug-likeness (QED) is 0.176. The van der Waals surface area contributed by atoms with E-state index < -0.39 is 0 Å². The van der Waals surface area contributed by atoms with Crippen molar-refractivity contribution in [3.8, 4) is 22.3 Å². The zero-order chi connectivity index (χ0) is 33.0. The van der Waals surface area contributed by atoms with Gasteiger partial charge >= 0.3 is 0 Å². The van der Waals surface area contributed by atoms with Crippen molar-refractivity contribution in [1.29, 1.82) is 0 Å². The molecule has 3 nitrogen and oxygen atoms in total. The molecular weight excluding hydrogens is 609 g/mol. The van der Waals surface area contributed by atoms with Gasteiger partial charge in [-0.05, 0) is 109 Å². The molecule has 0 aliphatic rings. The minimum atomic E-state index is 0.774. The van der Waals surface area contributed by atoms with E-state index in [-0.39, 0.29) is 0 Å². The molecule has 0 radical (unpaired) electrons. The maximum Gasteiger partial charge on any atom is 0.154 e. The van der Waals surface area contributed by atoms with Gasteiger partial charge < -0.3 is 4.42 Å². The van der Waals surface area contributed by atoms with Crippen molar-refractivity contribution in [3.63, 3.8) is 0 Å². The van der Waals surface area contributed by atoms with Crippen molar-refractivity contribution in [3.05, 3.63) is 182 Å². The predicted octanol–water partition coefficient (Wildman–Crippen LogP) is 13.2. The Labute approximate surface area is 289 Å². The Balaban J connectivity index is 1.15. The van der Waals surface area contributed by atoms with Crippen LogP contribution in [0.15, 0.2) is 186 Å². The van der Waals surface area contributed by atoms with Crippen LogP contribution in [0.25, 0.3) is 76.6 Å². The maximum absolute atomic E-state index is 6.33. The maximum atomic E-state index is 6.33. The molecule has 0 spiro atoms. The number of fused-ring (bicyclic) bond motifs is 7. The van der Waals surface area contributed by atoms with Gasteiger partial charge in [0.1, 0.15) is 16.9 Å². The fourth-order valence-corrected chi connectivity index (χ4v) is 7.40. The van der Waals surface area contributed by atoms with Gasteiger partial charge in [-0.3, -0.25) is 4.90 Å². The molecule has 0 aliphatic heterocycles. The molecule has 0 saturated heterocycles. The number of hydrogen-bond donors (Lipinski definition) is 0. The van der Waals surface area contributed by atoms with E-state index in [4.69, 9.17) is 9.40 Å². The molecule has 0 amide bonds. The number of anilines is 3. The van der Waals surface area contributed by atoms with Crippen molar-refractivity contribution in [2.75, 3.05) is 4.90 Å². The Hall–Kier alpha value is -6.71. The number of rotatable bonds is 5. The van der Waals surface area contributed by atoms with Gasteiger partial charge in [-0.2, -0.15) is 0 Å². The average Bonchev–Trinajstić information content (AvgIpc) is 3.54. The van der Waals surface area contributed by atoms with Crippen LogP contribution in [0.1, 0.15) is 0 Å². The number of nitrogens with zero attached hydrogens (tertiary/aromatic N) is 2. The van der Waals surface area contributed by atoms with Gasteiger partial charge in [0.05, 0.1) is 0 Å². The van der Waals surface area contributed by atoms with Crippen LogP contribution in [0, 0.1) is 0 Å². The standard InChI is InChI=1S/C47H30N2O/c1-2-11-31(12-3-1)33-16-10-17-38(27-33)49(46-26-25-44-47(48-46)43-28-34-13-4-5-14-35(34)30-45(43)50-44)37-23-21-32(22-24-37)42-29-36-15-6-7-18-39(36)40-19-8-9-20-41(40)42/h1-30H. The van der Waals surface area contributed by atoms with E-state index in [1.807, 2.05) is 6.07 Å². The van der Waals surface area contributed by atoms with Crippen molar-refractivity contribution in [2.45, 2.75) is 0 Å². The van der Waals surface area contributed by atoms with Crippen LogP contribution in [0.4, 0.5) is 17.2 Å². The van der Waals surface area contributed by atoms with E-state index in [9.17, 15) is 0 Å². The lowest BCUT2D eigenvalue weighted by Crippen LogP contribution is -2.11. The summed E-state index contributed by atoms with van der Waals surface area (Å²) in [5.41, 5.74) is 9.23. The van der Waals surface area contributed by atoms with Crippen LogP contribution in [0.5, 0.6) is 0 Å². The predicted molar refractivity (Wildman–Crippen MR) is 210 cm³/mol. The zero-order valence-corrected chi connectivity index (χ0v) is 27.1. The molecule has 0 atom stereocenters. The number of furan rings is 1. The first-order chi connectivity index (χ1) is 24.8. The van der Waals surface area contributed by atoms with Crippen LogP contribution < -0.4 is 4.90 Å². The Morgan fingerprint density at radius 3 is 1.88 bits per heavy atom. The molecule has 50 heavy (non-hydrogen) atoms. The zero-order valence-electron chi connectivity index (χ0n) is 27.1. The highest BCUT2D eigenvalue weighted by Gasteiger charge is 2.19. The lowest BCUT2D eigenvalue weighted by molar-refractivity contribution is 0.668. The van der Waals surface area contributed by atoms with Crippen molar-refractivity contribution >= 4 is 71.6 Å². The summed E-state index contributed by atoms with van der Waals surface area (Å²) in [6, 6.07) is 64.5. The molecule has 3 heteroatoms. The Morgan fingerprint density at radius 1 is 0.380 bits per heavy atom. The highest BCUT2D eigenvalue weighted by molar-refractivity contribution is 6.14. The highest BCUT2D eigenvalue weighted by atomic mass is 16.3. The van der Waals surface area contributed by atoms with E-state index in [0.717, 1.165) is 50.2 Å². The van der Waals surface area contributed by atoms with Gasteiger partial charge in [-0.15, -0.1) is 0 Å². The molecule has 0 saturated carbocycles. The average molecular weight is 639 g/mol. The summed E-state index contributed by atoms with van der Waals surface area (Å²) >= 11 is 0. The van der Waals surface area contributed by atoms with Gasteiger partial charge in [0, 0.05) is 16.8 Å². The second kappa shape index (κ2) is 11.5. The fraction of sp³-hybridized carbons (Fsp3) is 0. The Bertz CT molecular complexity index is 2870. The lowest BCUT2D eigenvalue weighted by atomic mass is 9.93. The number of aromatic nitrogens is 1. The summed E-state index contributed by atoms with van der Waals surface area (Å²) in [6.07, 6.45) is 0. The summed E-state index contributed by atoms with van der Waals surface area (Å²) in [6.45, 7) is 0. The van der Waals surface area contributed by atoms with E-state index in [1.165, 1.54) is 43.6 Å². The molecule has 0 fully saturated rings. The largest absolute Gasteiger partial charge is 0.454 e. The molecule has 234 valence electrons. The van der Waals surface area contributed by atoms with Gasteiger partial charge in [-0.25, -0.2) is 4.98 Å². The topological polar surface area (TPSA) is 29.3 Å². The third-order valence-corrected chi connectivity index (χ3v) is 9.81. The summed E-state index contributed by atoms with van der Waals surface area (Å²) in [7, 11) is 0. The van der Waals surface area contributed by atoms with E-state index in [1.54, 1.807) is 0 Å². The van der Waals surface area contributed by atoms with Crippen molar-refractivity contribution < 1.29 is 4.42 Å². The molecule has 10 rings (SSSR count). The van der Waals surface area contributed by atoms with Crippen molar-refractivity contribution in [2.24, 2.45) is 0 Å². The Kier molecular flexibility index (Phi) is 6.49. The molecular formula is C47H30N2O. The molecule has 2 heterocycles. The summed E-state index contributed by atoms with van der Waals surface area (Å²) in [5.74, 6) is 0.822. The Morgan fingerprint density at radius 2 is 1.06 bits per heavy atom. The third-order valence-electron chi connectivity index (χ3n) is 9.81. The normalized spacial score (nSPS) is 11.6. The second-order valence-corrected chi connectivity index (χ2v) is 12.8. The summed E-state index contributed by atoms with van der Waals surface area (Å²) in [4.78, 5) is 7.56. The molecule has 10 aromatic rings. The van der Waals surface area contributed by atoms with Crippen LogP contribution in [0.2, 0.25) is 0 Å². The third kappa shape index (κ3) is 4.71. The number of hydrogen-bond acceptors (Lipinski definition) is 3. The molecule has 0 N–H and O–H groups in total. The van der Waals surface area contributed by atoms with Crippen LogP contribution in [0.3, 0.4) is 0 Å². The number of pyridine rings is 1. The van der Waals surface area contributed by atoms with Gasteiger partial charge in [0.25, 0.3) is 0 Å². The van der Waals surface area contributed by atoms with E-state index in [0.29, 0.717) is 0 Å². The second-order valence-electron chi connectivity index (χ2n) is 12.8. The highest BCUT2D eigenvalue weighted by Crippen LogP contribution is 2.41. The molecule has 8 aromatic carbocycles. The first kappa shape index (κ1) is 28.3. The summed E-state index contributed by atoms with van der Waals surface area (Å²) < 4.78 is 6.33. The fourth-order valence-electron chi connectivity index (χ4n) is 7.40. The monoisotopic (exact) mass is 638 g/mol. The first-order valence-corrected chi connectivity index (χ1v) is 17.0. The van der Waals surface area contributed by atoms with Crippen LogP contribution in [-0.2, 0) is 0 Å². The first-order valence-electron chi connectivity index (χ1n) is 17.0. The van der Waals surface area contributed by atoms with E-state index in [2.05, 4.69) is 181 Å². The lowest BCUT2D eigenvalue weighted by Gasteiger charge is -2.25. The van der Waals surface area contributed by atoms with Crippen LogP contribution >= 0.6 is 0 Å². The van der Waals surface area contributed by atoms with Gasteiger partial charge in [-0.1, -0.05) is 127 Å². The molecule has 0 bridgehead atoms. The minimum absolute atomic E-state index is 0.774. The SMILES string of the molecule is c1ccc(-c2cccc(N(c3ccc(-c4cc5ccccc5c5ccccc45)cc3)c3ccc4oc5cc6ccccc6cc5c4n3)c2)cc1. The minimum Gasteiger partial charge on any atom is -0.454 e. The molecule has 0 aliphatic carbocycles. The van der Waals surface area contributed by atoms with Gasteiger partial charge in [0.2, 0.25) is 0 Å². The molecule has 2 aromatic heterocycles. The van der Waals surface area contributed by atoms with Crippen molar-refractivity contribution in [1.82, 2.24) is 4.98 Å². The van der Waals surface area contributed by atoms with Crippen LogP contribution in [-0.4, -0.2) is 4.98 Å².